The van der Waals surface area contributed by atoms with Crippen molar-refractivity contribution in [2.45, 2.75) is 12.5 Å². The summed E-state index contributed by atoms with van der Waals surface area (Å²) in [7, 11) is 0. The third-order valence-electron chi connectivity index (χ3n) is 4.62. The normalized spacial score (nSPS) is 11.6. The largest absolute Gasteiger partial charge is 0.413 e. The number of para-hydroxylation sites is 1. The minimum absolute atomic E-state index is 0.370. The molecule has 0 aliphatic heterocycles. The van der Waals surface area contributed by atoms with Crippen LogP contribution in [0.2, 0.25) is 0 Å². The fourth-order valence-corrected chi connectivity index (χ4v) is 3.18. The van der Waals surface area contributed by atoms with E-state index in [0.29, 0.717) is 35.1 Å². The summed E-state index contributed by atoms with van der Waals surface area (Å²) in [6, 6.07) is 21.6. The van der Waals surface area contributed by atoms with Crippen LogP contribution in [0.15, 0.2) is 85.2 Å². The first-order valence-corrected chi connectivity index (χ1v) is 9.50. The molecule has 1 N–H and O–H groups in total. The summed E-state index contributed by atoms with van der Waals surface area (Å²) < 4.78 is 5.60. The Labute approximate surface area is 173 Å². The van der Waals surface area contributed by atoms with E-state index >= 15 is 0 Å². The van der Waals surface area contributed by atoms with E-state index in [1.54, 1.807) is 18.5 Å². The molecule has 4 rings (SSSR count). The Morgan fingerprint density at radius 2 is 1.73 bits per heavy atom. The zero-order valence-electron chi connectivity index (χ0n) is 16.1. The number of aromatic nitrogens is 2. The molecule has 0 spiro atoms. The molecule has 0 unspecified atom stereocenters. The monoisotopic (exact) mass is 397 g/mol. The molecule has 2 aromatic heterocycles. The summed E-state index contributed by atoms with van der Waals surface area (Å²) in [6.07, 6.45) is 3.76. The van der Waals surface area contributed by atoms with Crippen LogP contribution in [-0.2, 0) is 11.2 Å². The number of benzene rings is 2. The van der Waals surface area contributed by atoms with Gasteiger partial charge < -0.3 is 14.8 Å². The first kappa shape index (κ1) is 19.3. The van der Waals surface area contributed by atoms with E-state index in [9.17, 15) is 9.59 Å². The molecule has 1 atom stereocenters. The van der Waals surface area contributed by atoms with Crippen molar-refractivity contribution in [3.63, 3.8) is 0 Å². The van der Waals surface area contributed by atoms with E-state index in [4.69, 9.17) is 4.74 Å². The van der Waals surface area contributed by atoms with Gasteiger partial charge in [-0.25, -0.2) is 9.78 Å². The lowest BCUT2D eigenvalue weighted by atomic mass is 10.1. The van der Waals surface area contributed by atoms with Gasteiger partial charge in [0.05, 0.1) is 17.3 Å². The number of pyridine rings is 2. The minimum Gasteiger partial charge on any atom is -0.410 e. The number of amides is 1. The van der Waals surface area contributed by atoms with Crippen molar-refractivity contribution >= 4 is 23.3 Å². The average molecular weight is 397 g/mol. The fraction of sp³-hybridized carbons (Fsp3) is 0.0833. The van der Waals surface area contributed by atoms with Crippen LogP contribution in [0.4, 0.5) is 4.79 Å². The molecule has 0 aliphatic rings. The van der Waals surface area contributed by atoms with Crippen LogP contribution in [0.5, 0.6) is 5.75 Å². The van der Waals surface area contributed by atoms with E-state index in [0.717, 1.165) is 11.1 Å². The fourth-order valence-electron chi connectivity index (χ4n) is 3.18. The van der Waals surface area contributed by atoms with Crippen LogP contribution in [0.3, 0.4) is 0 Å². The van der Waals surface area contributed by atoms with Gasteiger partial charge in [0.25, 0.3) is 0 Å². The molecular formula is C24H19N3O3. The minimum atomic E-state index is -0.694. The second-order valence-corrected chi connectivity index (χ2v) is 6.72. The summed E-state index contributed by atoms with van der Waals surface area (Å²) in [4.78, 5) is 32.7. The molecular weight excluding hydrogens is 378 g/mol. The number of hydrogen-bond acceptors (Lipinski definition) is 5. The number of rotatable bonds is 6. The Balaban J connectivity index is 1.57. The Morgan fingerprint density at radius 1 is 1.00 bits per heavy atom. The van der Waals surface area contributed by atoms with Gasteiger partial charge in [0.15, 0.2) is 0 Å². The number of carbonyl (C=O) groups excluding carboxylic acids is 2. The van der Waals surface area contributed by atoms with E-state index in [2.05, 4.69) is 15.3 Å². The number of hydrogen-bond donors (Lipinski definition) is 1. The predicted molar refractivity (Wildman–Crippen MR) is 114 cm³/mol. The number of nitrogens with one attached hydrogen (secondary N) is 1. The number of fused-ring (bicyclic) bond motifs is 1. The van der Waals surface area contributed by atoms with Crippen LogP contribution < -0.4 is 10.1 Å². The van der Waals surface area contributed by atoms with E-state index in [1.807, 2.05) is 66.7 Å². The number of nitrogens with zero attached hydrogens (tertiary/aromatic N) is 2. The van der Waals surface area contributed by atoms with Crippen molar-refractivity contribution in [1.82, 2.24) is 15.3 Å². The highest BCUT2D eigenvalue weighted by Crippen LogP contribution is 2.29. The molecule has 148 valence electrons. The van der Waals surface area contributed by atoms with Crippen molar-refractivity contribution in [2.75, 3.05) is 0 Å². The van der Waals surface area contributed by atoms with Crippen molar-refractivity contribution in [3.8, 4) is 17.0 Å². The lowest BCUT2D eigenvalue weighted by Crippen LogP contribution is -2.39. The Kier molecular flexibility index (Phi) is 5.75. The van der Waals surface area contributed by atoms with E-state index in [-0.39, 0.29) is 0 Å². The lowest BCUT2D eigenvalue weighted by molar-refractivity contribution is -0.109. The molecule has 6 nitrogen and oxygen atoms in total. The lowest BCUT2D eigenvalue weighted by Gasteiger charge is -2.14. The highest BCUT2D eigenvalue weighted by molar-refractivity contribution is 5.90. The van der Waals surface area contributed by atoms with Gasteiger partial charge in [-0.15, -0.1) is 0 Å². The zero-order chi connectivity index (χ0) is 20.8. The highest BCUT2D eigenvalue weighted by atomic mass is 16.6. The first-order valence-electron chi connectivity index (χ1n) is 9.50. The maximum Gasteiger partial charge on any atom is 0.413 e. The quantitative estimate of drug-likeness (QED) is 0.493. The topological polar surface area (TPSA) is 81.2 Å². The molecule has 1 amide bonds. The summed E-state index contributed by atoms with van der Waals surface area (Å²) in [6.45, 7) is 0. The molecule has 0 aliphatic carbocycles. The van der Waals surface area contributed by atoms with Gasteiger partial charge in [-0.1, -0.05) is 42.5 Å². The summed E-state index contributed by atoms with van der Waals surface area (Å²) in [5.41, 5.74) is 3.17. The Bertz CT molecular complexity index is 1160. The van der Waals surface area contributed by atoms with Crippen LogP contribution in [0, 0.1) is 0 Å². The molecule has 0 saturated carbocycles. The van der Waals surface area contributed by atoms with Gasteiger partial charge in [-0.3, -0.25) is 4.98 Å². The Hall–Kier alpha value is -4.06. The van der Waals surface area contributed by atoms with Crippen molar-refractivity contribution < 1.29 is 14.3 Å². The number of ether oxygens (including phenoxy) is 1. The second-order valence-electron chi connectivity index (χ2n) is 6.72. The molecule has 30 heavy (non-hydrogen) atoms. The van der Waals surface area contributed by atoms with Gasteiger partial charge in [0.2, 0.25) is 0 Å². The zero-order valence-corrected chi connectivity index (χ0v) is 16.1. The predicted octanol–water partition coefficient (Wildman–Crippen LogP) is 4.20. The van der Waals surface area contributed by atoms with Crippen molar-refractivity contribution in [2.24, 2.45) is 0 Å². The molecule has 0 radical (unpaired) electrons. The molecule has 4 aromatic rings. The standard InChI is InChI=1S/C24H19N3O3/c28-16-19(14-17-6-2-1-3-7-17)26-24(29)30-23-15-22(18-10-12-25-13-11-18)27-21-9-5-4-8-20(21)23/h1-13,15-16,19H,14H2,(H,26,29)/t19-/m0/s1. The van der Waals surface area contributed by atoms with E-state index in [1.165, 1.54) is 0 Å². The summed E-state index contributed by atoms with van der Waals surface area (Å²) in [5, 5.41) is 3.33. The van der Waals surface area contributed by atoms with E-state index < -0.39 is 12.1 Å². The number of carbonyl (C=O) groups is 2. The van der Waals surface area contributed by atoms with Crippen LogP contribution in [-0.4, -0.2) is 28.4 Å². The molecule has 2 aromatic carbocycles. The first-order chi connectivity index (χ1) is 14.7. The third-order valence-corrected chi connectivity index (χ3v) is 4.62. The Morgan fingerprint density at radius 3 is 2.50 bits per heavy atom. The number of aldehydes is 1. The van der Waals surface area contributed by atoms with Gasteiger partial charge in [0, 0.05) is 29.4 Å². The maximum absolute atomic E-state index is 12.5. The average Bonchev–Trinajstić information content (AvgIpc) is 2.80. The van der Waals surface area contributed by atoms with Crippen LogP contribution >= 0.6 is 0 Å². The van der Waals surface area contributed by atoms with Gasteiger partial charge in [-0.2, -0.15) is 0 Å². The van der Waals surface area contributed by atoms with Crippen molar-refractivity contribution in [3.05, 3.63) is 90.8 Å². The van der Waals surface area contributed by atoms with Crippen LogP contribution in [0.25, 0.3) is 22.2 Å². The molecule has 2 heterocycles. The molecule has 6 heteroatoms. The highest BCUT2D eigenvalue weighted by Gasteiger charge is 2.16. The van der Waals surface area contributed by atoms with Gasteiger partial charge in [-0.05, 0) is 36.2 Å². The second kappa shape index (κ2) is 8.96. The maximum atomic E-state index is 12.5. The van der Waals surface area contributed by atoms with Crippen molar-refractivity contribution in [1.29, 1.82) is 0 Å². The molecule has 0 fully saturated rings. The molecule has 0 bridgehead atoms. The van der Waals surface area contributed by atoms with Crippen LogP contribution in [0.1, 0.15) is 5.56 Å². The molecule has 0 saturated heterocycles. The van der Waals surface area contributed by atoms with Gasteiger partial charge >= 0.3 is 6.09 Å². The summed E-state index contributed by atoms with van der Waals surface area (Å²) in [5.74, 6) is 0.370. The SMILES string of the molecule is O=C[C@H](Cc1ccccc1)NC(=O)Oc1cc(-c2ccncc2)nc2ccccc12. The third kappa shape index (κ3) is 4.50. The van der Waals surface area contributed by atoms with Gasteiger partial charge in [0.1, 0.15) is 12.0 Å². The summed E-state index contributed by atoms with van der Waals surface area (Å²) >= 11 is 0. The smallest absolute Gasteiger partial charge is 0.410 e.